The molecule has 1 aliphatic rings. The molecule has 0 spiro atoms. The van der Waals surface area contributed by atoms with E-state index in [1.165, 1.54) is 0 Å². The fourth-order valence-corrected chi connectivity index (χ4v) is 3.29. The van der Waals surface area contributed by atoms with Crippen molar-refractivity contribution in [1.29, 1.82) is 0 Å². The van der Waals surface area contributed by atoms with Crippen LogP contribution in [0.25, 0.3) is 0 Å². The van der Waals surface area contributed by atoms with E-state index < -0.39 is 0 Å². The van der Waals surface area contributed by atoms with Gasteiger partial charge in [0.1, 0.15) is 18.2 Å². The maximum absolute atomic E-state index is 5.92. The van der Waals surface area contributed by atoms with Crippen molar-refractivity contribution in [2.45, 2.75) is 53.2 Å². The third kappa shape index (κ3) is 6.83. The molecule has 0 amide bonds. The molecule has 1 aliphatic heterocycles. The zero-order chi connectivity index (χ0) is 20.5. The minimum absolute atomic E-state index is 0. The molecular formula is C21H33IN6O2. The second-order valence-corrected chi connectivity index (χ2v) is 6.99. The van der Waals surface area contributed by atoms with Gasteiger partial charge in [-0.3, -0.25) is 0 Å². The molecule has 0 bridgehead atoms. The van der Waals surface area contributed by atoms with Gasteiger partial charge in [-0.15, -0.1) is 34.2 Å². The van der Waals surface area contributed by atoms with Gasteiger partial charge in [-0.25, -0.2) is 4.99 Å². The highest BCUT2D eigenvalue weighted by molar-refractivity contribution is 14.0. The average Bonchev–Trinajstić information content (AvgIpc) is 3.33. The highest BCUT2D eigenvalue weighted by Crippen LogP contribution is 2.21. The first-order valence-corrected chi connectivity index (χ1v) is 10.4. The van der Waals surface area contributed by atoms with Crippen LogP contribution in [0.1, 0.15) is 43.0 Å². The molecule has 2 aromatic rings. The van der Waals surface area contributed by atoms with Crippen molar-refractivity contribution in [3.8, 4) is 5.75 Å². The van der Waals surface area contributed by atoms with Crippen LogP contribution in [0.5, 0.6) is 5.75 Å². The van der Waals surface area contributed by atoms with Crippen LogP contribution in [0.4, 0.5) is 0 Å². The zero-order valence-corrected chi connectivity index (χ0v) is 20.4. The highest BCUT2D eigenvalue weighted by Gasteiger charge is 2.17. The Hall–Kier alpha value is -1.88. The van der Waals surface area contributed by atoms with Gasteiger partial charge in [0.05, 0.1) is 19.7 Å². The predicted octanol–water partition coefficient (Wildman–Crippen LogP) is 2.82. The number of ether oxygens (including phenoxy) is 2. The molecule has 9 heteroatoms. The van der Waals surface area contributed by atoms with E-state index in [0.717, 1.165) is 60.4 Å². The first-order valence-electron chi connectivity index (χ1n) is 10.4. The number of halogens is 1. The van der Waals surface area contributed by atoms with E-state index in [-0.39, 0.29) is 24.0 Å². The van der Waals surface area contributed by atoms with E-state index in [1.54, 1.807) is 0 Å². The van der Waals surface area contributed by atoms with Gasteiger partial charge in [-0.2, -0.15) is 0 Å². The SMILES string of the molecule is CCNC(=NCc1ccc(C)cc1OCCOCC)NCc1nnc2n1CCC2.I. The molecule has 0 saturated heterocycles. The molecule has 166 valence electrons. The number of benzene rings is 1. The minimum atomic E-state index is 0. The van der Waals surface area contributed by atoms with Crippen LogP contribution in [0.3, 0.4) is 0 Å². The second kappa shape index (κ2) is 12.7. The predicted molar refractivity (Wildman–Crippen MR) is 129 cm³/mol. The van der Waals surface area contributed by atoms with Crippen molar-refractivity contribution >= 4 is 29.9 Å². The van der Waals surface area contributed by atoms with Gasteiger partial charge < -0.3 is 24.7 Å². The summed E-state index contributed by atoms with van der Waals surface area (Å²) in [6.45, 7) is 10.8. The van der Waals surface area contributed by atoms with Crippen molar-refractivity contribution in [2.75, 3.05) is 26.4 Å². The maximum atomic E-state index is 5.92. The summed E-state index contributed by atoms with van der Waals surface area (Å²) in [6, 6.07) is 6.21. The topological polar surface area (TPSA) is 85.6 Å². The molecule has 2 N–H and O–H groups in total. The van der Waals surface area contributed by atoms with E-state index in [4.69, 9.17) is 14.5 Å². The number of aromatic nitrogens is 3. The van der Waals surface area contributed by atoms with E-state index in [0.29, 0.717) is 32.9 Å². The first kappa shape index (κ1) is 24.4. The summed E-state index contributed by atoms with van der Waals surface area (Å²) >= 11 is 0. The van der Waals surface area contributed by atoms with Crippen LogP contribution < -0.4 is 15.4 Å². The Labute approximate surface area is 195 Å². The molecule has 3 rings (SSSR count). The summed E-state index contributed by atoms with van der Waals surface area (Å²) in [5, 5.41) is 15.2. The summed E-state index contributed by atoms with van der Waals surface area (Å²) in [6.07, 6.45) is 2.16. The summed E-state index contributed by atoms with van der Waals surface area (Å²) < 4.78 is 13.5. The van der Waals surface area contributed by atoms with Crippen LogP contribution in [0.2, 0.25) is 0 Å². The van der Waals surface area contributed by atoms with E-state index in [2.05, 4.69) is 57.4 Å². The standard InChI is InChI=1S/C21H32N6O2.HI/c1-4-22-21(24-15-20-26-25-19-7-6-10-27(19)20)23-14-17-9-8-16(3)13-18(17)29-12-11-28-5-2;/h8-9,13H,4-7,10-12,14-15H2,1-3H3,(H2,22,23,24);1H. The van der Waals surface area contributed by atoms with Crippen LogP contribution in [-0.4, -0.2) is 47.1 Å². The lowest BCUT2D eigenvalue weighted by atomic mass is 10.1. The molecule has 1 aromatic carbocycles. The number of hydrogen-bond acceptors (Lipinski definition) is 5. The van der Waals surface area contributed by atoms with Gasteiger partial charge >= 0.3 is 0 Å². The summed E-state index contributed by atoms with van der Waals surface area (Å²) in [5.41, 5.74) is 2.21. The fourth-order valence-electron chi connectivity index (χ4n) is 3.29. The van der Waals surface area contributed by atoms with Crippen LogP contribution >= 0.6 is 24.0 Å². The zero-order valence-electron chi connectivity index (χ0n) is 18.1. The summed E-state index contributed by atoms with van der Waals surface area (Å²) in [4.78, 5) is 4.74. The lowest BCUT2D eigenvalue weighted by Crippen LogP contribution is -2.37. The number of guanidine groups is 1. The number of fused-ring (bicyclic) bond motifs is 1. The quantitative estimate of drug-likeness (QED) is 0.214. The largest absolute Gasteiger partial charge is 0.491 e. The molecule has 0 atom stereocenters. The Morgan fingerprint density at radius 3 is 2.87 bits per heavy atom. The fraction of sp³-hybridized carbons (Fsp3) is 0.571. The number of rotatable bonds is 10. The van der Waals surface area contributed by atoms with E-state index in [9.17, 15) is 0 Å². The number of hydrogen-bond donors (Lipinski definition) is 2. The van der Waals surface area contributed by atoms with Crippen LogP contribution in [-0.2, 0) is 30.8 Å². The van der Waals surface area contributed by atoms with Crippen LogP contribution in [0, 0.1) is 6.92 Å². The molecule has 0 aliphatic carbocycles. The second-order valence-electron chi connectivity index (χ2n) is 6.99. The number of aliphatic imine (C=N–C) groups is 1. The summed E-state index contributed by atoms with van der Waals surface area (Å²) in [7, 11) is 0. The lowest BCUT2D eigenvalue weighted by Gasteiger charge is -2.14. The molecule has 30 heavy (non-hydrogen) atoms. The molecule has 0 unspecified atom stereocenters. The molecule has 2 heterocycles. The van der Waals surface area contributed by atoms with Crippen LogP contribution in [0.15, 0.2) is 23.2 Å². The lowest BCUT2D eigenvalue weighted by molar-refractivity contribution is 0.110. The number of nitrogens with zero attached hydrogens (tertiary/aromatic N) is 4. The summed E-state index contributed by atoms with van der Waals surface area (Å²) in [5.74, 6) is 3.65. The average molecular weight is 528 g/mol. The monoisotopic (exact) mass is 528 g/mol. The van der Waals surface area contributed by atoms with Gasteiger partial charge in [-0.1, -0.05) is 12.1 Å². The van der Waals surface area contributed by atoms with Gasteiger partial charge in [0.15, 0.2) is 11.8 Å². The molecular weight excluding hydrogens is 495 g/mol. The molecule has 0 radical (unpaired) electrons. The van der Waals surface area contributed by atoms with Gasteiger partial charge in [-0.05, 0) is 38.8 Å². The maximum Gasteiger partial charge on any atom is 0.191 e. The van der Waals surface area contributed by atoms with Gasteiger partial charge in [0.25, 0.3) is 0 Å². The first-order chi connectivity index (χ1) is 14.2. The van der Waals surface area contributed by atoms with Crippen molar-refractivity contribution in [2.24, 2.45) is 4.99 Å². The van der Waals surface area contributed by atoms with Gasteiger partial charge in [0.2, 0.25) is 0 Å². The Balaban J connectivity index is 0.00000320. The highest BCUT2D eigenvalue weighted by atomic mass is 127. The van der Waals surface area contributed by atoms with Gasteiger partial charge in [0, 0.05) is 31.7 Å². The van der Waals surface area contributed by atoms with Crippen molar-refractivity contribution in [1.82, 2.24) is 25.4 Å². The number of nitrogens with one attached hydrogen (secondary N) is 2. The van der Waals surface area contributed by atoms with Crippen molar-refractivity contribution in [3.63, 3.8) is 0 Å². The Bertz CT molecular complexity index is 824. The third-order valence-corrected chi connectivity index (χ3v) is 4.76. The number of aryl methyl sites for hydroxylation is 2. The van der Waals surface area contributed by atoms with Crippen molar-refractivity contribution < 1.29 is 9.47 Å². The molecule has 0 fully saturated rings. The molecule has 0 saturated carbocycles. The van der Waals surface area contributed by atoms with Crippen molar-refractivity contribution in [3.05, 3.63) is 41.0 Å². The van der Waals surface area contributed by atoms with E-state index >= 15 is 0 Å². The Morgan fingerprint density at radius 1 is 1.20 bits per heavy atom. The normalized spacial score (nSPS) is 13.0. The molecule has 8 nitrogen and oxygen atoms in total. The molecule has 1 aromatic heterocycles. The smallest absolute Gasteiger partial charge is 0.191 e. The third-order valence-electron chi connectivity index (χ3n) is 4.76. The Morgan fingerprint density at radius 2 is 2.07 bits per heavy atom. The van der Waals surface area contributed by atoms with E-state index in [1.807, 2.05) is 6.92 Å². The minimum Gasteiger partial charge on any atom is -0.491 e. The Kier molecular flexibility index (Phi) is 10.4.